The normalized spacial score (nSPS) is 21.2. The van der Waals surface area contributed by atoms with E-state index in [1.807, 2.05) is 11.6 Å². The molecule has 0 saturated carbocycles. The number of nitrogens with zero attached hydrogens (tertiary/aromatic N) is 2. The van der Waals surface area contributed by atoms with Crippen molar-refractivity contribution >= 4 is 30.4 Å². The largest absolute Gasteiger partial charge is 0.337 e. The fourth-order valence-electron chi connectivity index (χ4n) is 1.000. The molecule has 2 aliphatic rings. The number of hydrazine groups is 2. The molecule has 2 aliphatic heterocycles. The average Bonchev–Trinajstić information content (AvgIpc) is 2.55. The number of hydrogen-bond acceptors (Lipinski definition) is 4. The number of hydrogen-bond donors (Lipinski definition) is 2. The third-order valence-corrected chi connectivity index (χ3v) is 2.06. The summed E-state index contributed by atoms with van der Waals surface area (Å²) < 4.78 is 0. The Hall–Kier alpha value is -0.590. The molecule has 0 aliphatic carbocycles. The lowest BCUT2D eigenvalue weighted by Crippen LogP contribution is -2.44. The van der Waals surface area contributed by atoms with Gasteiger partial charge in [-0.05, 0) is 11.9 Å². The number of urea groups is 1. The molecule has 12 heavy (non-hydrogen) atoms. The van der Waals surface area contributed by atoms with Crippen molar-refractivity contribution in [3.05, 3.63) is 11.6 Å². The lowest BCUT2D eigenvalue weighted by Gasteiger charge is -2.24. The summed E-state index contributed by atoms with van der Waals surface area (Å²) in [7, 11) is 0. The zero-order valence-electron chi connectivity index (χ0n) is 6.19. The number of halogens is 1. The topological polar surface area (TPSA) is 47.6 Å². The molecular formula is C5H9ClN4OS. The summed E-state index contributed by atoms with van der Waals surface area (Å²) in [5, 5.41) is 7.87. The fourth-order valence-corrected chi connectivity index (χ4v) is 1.50. The van der Waals surface area contributed by atoms with E-state index in [2.05, 4.69) is 10.1 Å². The van der Waals surface area contributed by atoms with E-state index >= 15 is 0 Å². The van der Waals surface area contributed by atoms with Crippen LogP contribution in [0, 0.1) is 0 Å². The minimum absolute atomic E-state index is 0. The highest BCUT2D eigenvalue weighted by Crippen LogP contribution is 2.12. The first-order valence-corrected chi connectivity index (χ1v) is 4.18. The van der Waals surface area contributed by atoms with E-state index in [0.29, 0.717) is 0 Å². The summed E-state index contributed by atoms with van der Waals surface area (Å²) >= 11 is 1.44. The van der Waals surface area contributed by atoms with Crippen molar-refractivity contribution in [3.63, 3.8) is 0 Å². The number of amides is 2. The number of rotatable bonds is 1. The van der Waals surface area contributed by atoms with Crippen LogP contribution in [0.15, 0.2) is 11.6 Å². The third kappa shape index (κ3) is 1.60. The SMILES string of the molecule is Cl.O=C1NCCN1N1C=CSN1. The molecule has 0 atom stereocenters. The van der Waals surface area contributed by atoms with Crippen molar-refractivity contribution in [2.45, 2.75) is 0 Å². The lowest BCUT2D eigenvalue weighted by atomic mass is 10.7. The van der Waals surface area contributed by atoms with Crippen molar-refractivity contribution in [1.29, 1.82) is 0 Å². The molecule has 0 aromatic heterocycles. The third-order valence-electron chi connectivity index (χ3n) is 1.51. The highest BCUT2D eigenvalue weighted by atomic mass is 35.5. The van der Waals surface area contributed by atoms with Crippen molar-refractivity contribution in [2.75, 3.05) is 13.1 Å². The standard InChI is InChI=1S/C5H8N4OS.ClH/c10-5-6-1-2-8(5)9-3-4-11-7-9;/h3-4,7H,1-2H2,(H,6,10);1H. The van der Waals surface area contributed by atoms with Crippen LogP contribution in [-0.2, 0) is 0 Å². The lowest BCUT2D eigenvalue weighted by molar-refractivity contribution is 0.0679. The van der Waals surface area contributed by atoms with E-state index in [9.17, 15) is 4.79 Å². The van der Waals surface area contributed by atoms with Crippen LogP contribution in [0.5, 0.6) is 0 Å². The second-order valence-electron chi connectivity index (χ2n) is 2.19. The predicted octanol–water partition coefficient (Wildman–Crippen LogP) is 0.288. The predicted molar refractivity (Wildman–Crippen MR) is 49.1 cm³/mol. The highest BCUT2D eigenvalue weighted by Gasteiger charge is 2.25. The van der Waals surface area contributed by atoms with Gasteiger partial charge in [0.2, 0.25) is 0 Å². The van der Waals surface area contributed by atoms with Gasteiger partial charge in [0.1, 0.15) is 0 Å². The number of carbonyl (C=O) groups is 1. The van der Waals surface area contributed by atoms with Crippen LogP contribution in [-0.4, -0.2) is 29.2 Å². The second kappa shape index (κ2) is 3.88. The van der Waals surface area contributed by atoms with Crippen LogP contribution in [0.25, 0.3) is 0 Å². The summed E-state index contributed by atoms with van der Waals surface area (Å²) in [5.41, 5.74) is 0. The van der Waals surface area contributed by atoms with Crippen LogP contribution in [0.3, 0.4) is 0 Å². The van der Waals surface area contributed by atoms with Gasteiger partial charge in [0.05, 0.1) is 6.54 Å². The Labute approximate surface area is 80.6 Å². The highest BCUT2D eigenvalue weighted by molar-refractivity contribution is 8.00. The van der Waals surface area contributed by atoms with Gasteiger partial charge in [0, 0.05) is 18.2 Å². The fraction of sp³-hybridized carbons (Fsp3) is 0.400. The van der Waals surface area contributed by atoms with E-state index in [1.165, 1.54) is 11.9 Å². The van der Waals surface area contributed by atoms with E-state index in [0.717, 1.165) is 13.1 Å². The Morgan fingerprint density at radius 1 is 1.58 bits per heavy atom. The molecule has 2 rings (SSSR count). The van der Waals surface area contributed by atoms with E-state index < -0.39 is 0 Å². The second-order valence-corrected chi connectivity index (χ2v) is 2.88. The summed E-state index contributed by atoms with van der Waals surface area (Å²) in [6, 6.07) is -0.0512. The molecule has 68 valence electrons. The minimum Gasteiger partial charge on any atom is -0.335 e. The summed E-state index contributed by atoms with van der Waals surface area (Å²) in [4.78, 5) is 14.0. The first-order chi connectivity index (χ1) is 5.38. The first-order valence-electron chi connectivity index (χ1n) is 3.30. The molecule has 5 nitrogen and oxygen atoms in total. The smallest absolute Gasteiger partial charge is 0.335 e. The number of nitrogens with one attached hydrogen (secondary N) is 2. The number of carbonyl (C=O) groups excluding carboxylic acids is 1. The van der Waals surface area contributed by atoms with Crippen LogP contribution >= 0.6 is 24.4 Å². The van der Waals surface area contributed by atoms with Crippen LogP contribution in [0.4, 0.5) is 4.79 Å². The molecular weight excluding hydrogens is 200 g/mol. The molecule has 2 heterocycles. The molecule has 0 spiro atoms. The molecule has 0 bridgehead atoms. The maximum atomic E-state index is 11.1. The molecule has 1 fully saturated rings. The summed E-state index contributed by atoms with van der Waals surface area (Å²) in [5.74, 6) is 0. The van der Waals surface area contributed by atoms with Crippen molar-refractivity contribution in [1.82, 2.24) is 20.3 Å². The van der Waals surface area contributed by atoms with Crippen molar-refractivity contribution in [2.24, 2.45) is 0 Å². The van der Waals surface area contributed by atoms with Gasteiger partial charge in [-0.1, -0.05) is 0 Å². The Bertz CT molecular complexity index is 212. The average molecular weight is 209 g/mol. The van der Waals surface area contributed by atoms with Gasteiger partial charge in [-0.25, -0.2) is 14.9 Å². The molecule has 2 N–H and O–H groups in total. The first kappa shape index (κ1) is 9.50. The van der Waals surface area contributed by atoms with Gasteiger partial charge in [-0.3, -0.25) is 0 Å². The summed E-state index contributed by atoms with van der Waals surface area (Å²) in [6.45, 7) is 1.44. The summed E-state index contributed by atoms with van der Waals surface area (Å²) in [6.07, 6.45) is 1.82. The van der Waals surface area contributed by atoms with Crippen molar-refractivity contribution in [3.8, 4) is 0 Å². The molecule has 2 amide bonds. The maximum absolute atomic E-state index is 11.1. The van der Waals surface area contributed by atoms with E-state index in [1.54, 1.807) is 10.1 Å². The minimum atomic E-state index is -0.0512. The Morgan fingerprint density at radius 2 is 2.42 bits per heavy atom. The van der Waals surface area contributed by atoms with E-state index in [-0.39, 0.29) is 18.4 Å². The Morgan fingerprint density at radius 3 is 2.92 bits per heavy atom. The van der Waals surface area contributed by atoms with Gasteiger partial charge < -0.3 is 5.32 Å². The van der Waals surface area contributed by atoms with Gasteiger partial charge in [-0.2, -0.15) is 4.83 Å². The van der Waals surface area contributed by atoms with Gasteiger partial charge in [-0.15, -0.1) is 12.4 Å². The molecule has 1 saturated heterocycles. The quantitative estimate of drug-likeness (QED) is 0.609. The van der Waals surface area contributed by atoms with Gasteiger partial charge in [0.25, 0.3) is 0 Å². The van der Waals surface area contributed by atoms with Crippen LogP contribution < -0.4 is 10.1 Å². The van der Waals surface area contributed by atoms with Crippen LogP contribution in [0.2, 0.25) is 0 Å². The Kier molecular flexibility index (Phi) is 3.07. The van der Waals surface area contributed by atoms with E-state index in [4.69, 9.17) is 0 Å². The van der Waals surface area contributed by atoms with Crippen LogP contribution in [0.1, 0.15) is 0 Å². The molecule has 7 heteroatoms. The monoisotopic (exact) mass is 208 g/mol. The zero-order chi connectivity index (χ0) is 7.68. The molecule has 0 aromatic carbocycles. The maximum Gasteiger partial charge on any atom is 0.337 e. The van der Waals surface area contributed by atoms with Gasteiger partial charge >= 0.3 is 6.03 Å². The van der Waals surface area contributed by atoms with Crippen molar-refractivity contribution < 1.29 is 4.79 Å². The zero-order valence-corrected chi connectivity index (χ0v) is 7.82. The molecule has 0 unspecified atom stereocenters. The van der Waals surface area contributed by atoms with Gasteiger partial charge in [0.15, 0.2) is 0 Å². The molecule has 0 aromatic rings. The molecule has 0 radical (unpaired) electrons. The Balaban J connectivity index is 0.000000720.